The number of hydrogen-bond acceptors (Lipinski definition) is 1. The van der Waals surface area contributed by atoms with Crippen LogP contribution in [-0.2, 0) is 5.41 Å². The number of benzene rings is 6. The van der Waals surface area contributed by atoms with Crippen LogP contribution in [0, 0.1) is 0 Å². The molecule has 1 aliphatic rings. The zero-order valence-electron chi connectivity index (χ0n) is 24.5. The smallest absolute Gasteiger partial charge is 0.0713 e. The highest BCUT2D eigenvalue weighted by Crippen LogP contribution is 2.56. The van der Waals surface area contributed by atoms with E-state index in [1.165, 1.54) is 55.9 Å². The maximum atomic E-state index is 2.44. The van der Waals surface area contributed by atoms with Gasteiger partial charge in [0, 0.05) is 16.9 Å². The topological polar surface area (TPSA) is 3.24 Å². The Bertz CT molecular complexity index is 1780. The molecule has 0 unspecified atom stereocenters. The molecule has 0 amide bonds. The third-order valence-corrected chi connectivity index (χ3v) is 8.62. The monoisotopic (exact) mass is 541 g/mol. The minimum atomic E-state index is -0.378. The molecule has 0 spiro atoms. The molecule has 0 N–H and O–H groups in total. The van der Waals surface area contributed by atoms with Crippen LogP contribution in [0.3, 0.4) is 0 Å². The van der Waals surface area contributed by atoms with Crippen molar-refractivity contribution in [1.82, 2.24) is 0 Å². The molecule has 0 saturated carbocycles. The first-order valence-corrected chi connectivity index (χ1v) is 14.8. The summed E-state index contributed by atoms with van der Waals surface area (Å²) in [4.78, 5) is 2.44. The van der Waals surface area contributed by atoms with E-state index in [-0.39, 0.29) is 11.0 Å². The molecule has 1 nitrogen and oxygen atoms in total. The Morgan fingerprint density at radius 1 is 0.405 bits per heavy atom. The Balaban J connectivity index is 1.36. The summed E-state index contributed by atoms with van der Waals surface area (Å²) in [5.74, 6) is 0. The van der Waals surface area contributed by atoms with Gasteiger partial charge in [-0.3, -0.25) is 0 Å². The molecule has 1 heteroatoms. The van der Waals surface area contributed by atoms with Crippen LogP contribution in [0.5, 0.6) is 0 Å². The first kappa shape index (κ1) is 26.0. The quantitative estimate of drug-likeness (QED) is 0.209. The third-order valence-electron chi connectivity index (χ3n) is 8.62. The molecule has 0 fully saturated rings. The zero-order valence-corrected chi connectivity index (χ0v) is 24.5. The lowest BCUT2D eigenvalue weighted by Crippen LogP contribution is -2.37. The van der Waals surface area contributed by atoms with Crippen LogP contribution < -0.4 is 4.90 Å². The summed E-state index contributed by atoms with van der Waals surface area (Å²) in [6, 6.07) is 57.7. The van der Waals surface area contributed by atoms with E-state index in [9.17, 15) is 0 Å². The number of rotatable bonds is 5. The van der Waals surface area contributed by atoms with Crippen LogP contribution in [0.25, 0.3) is 22.3 Å². The van der Waals surface area contributed by atoms with Crippen molar-refractivity contribution in [2.75, 3.05) is 4.90 Å². The number of nitrogens with zero attached hydrogens (tertiary/aromatic N) is 1. The predicted octanol–water partition coefficient (Wildman–Crippen LogP) is 10.7. The standard InChI is InChI=1S/C41H35N/c1-40(2,3)42(34-26-22-31(23-27-34)30-14-6-4-7-15-30)35-28-24-33(25-29-35)41(32-16-8-5-9-17-32)38-20-12-10-18-36(38)37-19-11-13-21-39(37)41/h4-29H,1-3H3. The number of hydrogen-bond donors (Lipinski definition) is 0. The minimum absolute atomic E-state index is 0.112. The third kappa shape index (κ3) is 4.16. The minimum Gasteiger partial charge on any atom is -0.336 e. The van der Waals surface area contributed by atoms with Gasteiger partial charge in [-0.05, 0) is 89.5 Å². The lowest BCUT2D eigenvalue weighted by molar-refractivity contribution is 0.560. The van der Waals surface area contributed by atoms with E-state index in [2.05, 4.69) is 183 Å². The van der Waals surface area contributed by atoms with E-state index < -0.39 is 0 Å². The molecule has 7 rings (SSSR count). The average Bonchev–Trinajstić information content (AvgIpc) is 3.33. The van der Waals surface area contributed by atoms with Crippen molar-refractivity contribution in [2.45, 2.75) is 31.7 Å². The molecule has 1 aliphatic carbocycles. The molecule has 6 aromatic rings. The fraction of sp³-hybridized carbons (Fsp3) is 0.122. The van der Waals surface area contributed by atoms with Gasteiger partial charge in [-0.25, -0.2) is 0 Å². The highest BCUT2D eigenvalue weighted by atomic mass is 15.2. The van der Waals surface area contributed by atoms with E-state index in [0.717, 1.165) is 0 Å². The van der Waals surface area contributed by atoms with Gasteiger partial charge in [-0.15, -0.1) is 0 Å². The van der Waals surface area contributed by atoms with E-state index in [1.807, 2.05) is 0 Å². The van der Waals surface area contributed by atoms with Crippen LogP contribution in [0.4, 0.5) is 11.4 Å². The Kier molecular flexibility index (Phi) is 6.32. The van der Waals surface area contributed by atoms with E-state index in [4.69, 9.17) is 0 Å². The second-order valence-electron chi connectivity index (χ2n) is 12.2. The number of anilines is 2. The zero-order chi connectivity index (χ0) is 28.7. The summed E-state index contributed by atoms with van der Waals surface area (Å²) in [5.41, 5.74) is 12.2. The summed E-state index contributed by atoms with van der Waals surface area (Å²) in [5, 5.41) is 0. The molecule has 0 radical (unpaired) electrons. The molecule has 0 bridgehead atoms. The summed E-state index contributed by atoms with van der Waals surface area (Å²) in [7, 11) is 0. The lowest BCUT2D eigenvalue weighted by Gasteiger charge is -2.39. The molecular weight excluding hydrogens is 506 g/mol. The highest BCUT2D eigenvalue weighted by Gasteiger charge is 2.45. The first-order valence-electron chi connectivity index (χ1n) is 14.8. The normalized spacial score (nSPS) is 13.3. The molecule has 42 heavy (non-hydrogen) atoms. The van der Waals surface area contributed by atoms with Gasteiger partial charge in [0.15, 0.2) is 0 Å². The molecule has 0 saturated heterocycles. The van der Waals surface area contributed by atoms with Crippen molar-refractivity contribution >= 4 is 11.4 Å². The molecular formula is C41H35N. The van der Waals surface area contributed by atoms with Crippen LogP contribution >= 0.6 is 0 Å². The van der Waals surface area contributed by atoms with Gasteiger partial charge in [0.25, 0.3) is 0 Å². The van der Waals surface area contributed by atoms with Gasteiger partial charge in [0.2, 0.25) is 0 Å². The summed E-state index contributed by atoms with van der Waals surface area (Å²) in [6.45, 7) is 6.84. The Morgan fingerprint density at radius 2 is 0.810 bits per heavy atom. The van der Waals surface area contributed by atoms with Crippen molar-refractivity contribution in [1.29, 1.82) is 0 Å². The van der Waals surface area contributed by atoms with Gasteiger partial charge in [0.05, 0.1) is 5.41 Å². The highest BCUT2D eigenvalue weighted by molar-refractivity contribution is 5.86. The van der Waals surface area contributed by atoms with Gasteiger partial charge >= 0.3 is 0 Å². The summed E-state index contributed by atoms with van der Waals surface area (Å²) < 4.78 is 0. The van der Waals surface area contributed by atoms with E-state index in [1.54, 1.807) is 0 Å². The van der Waals surface area contributed by atoms with Crippen molar-refractivity contribution < 1.29 is 0 Å². The fourth-order valence-electron chi connectivity index (χ4n) is 6.93. The lowest BCUT2D eigenvalue weighted by atomic mass is 9.67. The van der Waals surface area contributed by atoms with Crippen molar-refractivity contribution in [3.05, 3.63) is 180 Å². The first-order chi connectivity index (χ1) is 20.5. The van der Waals surface area contributed by atoms with Crippen LogP contribution in [0.1, 0.15) is 43.0 Å². The molecule has 0 aromatic heterocycles. The molecule has 204 valence electrons. The van der Waals surface area contributed by atoms with Gasteiger partial charge in [0.1, 0.15) is 0 Å². The SMILES string of the molecule is CC(C)(C)N(c1ccc(-c2ccccc2)cc1)c1ccc(C2(c3ccccc3)c3ccccc3-c3ccccc32)cc1. The Hall–Kier alpha value is -4.88. The molecule has 0 aliphatic heterocycles. The van der Waals surface area contributed by atoms with Gasteiger partial charge in [-0.1, -0.05) is 133 Å². The molecule has 6 aromatic carbocycles. The fourth-order valence-corrected chi connectivity index (χ4v) is 6.93. The van der Waals surface area contributed by atoms with Crippen LogP contribution in [0.2, 0.25) is 0 Å². The number of fused-ring (bicyclic) bond motifs is 3. The maximum Gasteiger partial charge on any atom is 0.0713 e. The maximum absolute atomic E-state index is 2.44. The summed E-state index contributed by atoms with van der Waals surface area (Å²) >= 11 is 0. The van der Waals surface area contributed by atoms with E-state index in [0.29, 0.717) is 0 Å². The average molecular weight is 542 g/mol. The Labute approximate surface area is 249 Å². The van der Waals surface area contributed by atoms with Gasteiger partial charge < -0.3 is 4.90 Å². The van der Waals surface area contributed by atoms with Crippen molar-refractivity contribution in [3.8, 4) is 22.3 Å². The van der Waals surface area contributed by atoms with Crippen LogP contribution in [0.15, 0.2) is 158 Å². The van der Waals surface area contributed by atoms with Crippen molar-refractivity contribution in [3.63, 3.8) is 0 Å². The van der Waals surface area contributed by atoms with E-state index >= 15 is 0 Å². The second-order valence-corrected chi connectivity index (χ2v) is 12.2. The molecule has 0 heterocycles. The van der Waals surface area contributed by atoms with Crippen LogP contribution in [-0.4, -0.2) is 5.54 Å². The summed E-state index contributed by atoms with van der Waals surface area (Å²) in [6.07, 6.45) is 0. The largest absolute Gasteiger partial charge is 0.336 e. The van der Waals surface area contributed by atoms with Crippen molar-refractivity contribution in [2.24, 2.45) is 0 Å². The van der Waals surface area contributed by atoms with Gasteiger partial charge in [-0.2, -0.15) is 0 Å². The Morgan fingerprint density at radius 3 is 1.33 bits per heavy atom. The molecule has 0 atom stereocenters. The second kappa shape index (κ2) is 10.2. The predicted molar refractivity (Wildman–Crippen MR) is 178 cm³/mol.